The largest absolute Gasteiger partial charge is 0.394 e. The second-order valence-corrected chi connectivity index (χ2v) is 5.75. The van der Waals surface area contributed by atoms with Gasteiger partial charge in [0, 0.05) is 18.4 Å². The molecule has 0 saturated heterocycles. The predicted octanol–water partition coefficient (Wildman–Crippen LogP) is 1.88. The van der Waals surface area contributed by atoms with Crippen LogP contribution in [0.4, 0.5) is 0 Å². The van der Waals surface area contributed by atoms with Crippen molar-refractivity contribution in [3.05, 3.63) is 29.9 Å². The van der Waals surface area contributed by atoms with Gasteiger partial charge in [-0.1, -0.05) is 6.07 Å². The molecule has 2 heterocycles. The van der Waals surface area contributed by atoms with E-state index in [0.29, 0.717) is 5.92 Å². The van der Waals surface area contributed by atoms with Gasteiger partial charge in [0.1, 0.15) is 5.82 Å². The number of aromatic nitrogens is 2. The van der Waals surface area contributed by atoms with Gasteiger partial charge in [0.05, 0.1) is 17.5 Å². The molecule has 5 heteroatoms. The minimum absolute atomic E-state index is 0.0166. The number of imidazole rings is 1. The van der Waals surface area contributed by atoms with Gasteiger partial charge in [-0.05, 0) is 30.2 Å². The van der Waals surface area contributed by atoms with E-state index in [-0.39, 0.29) is 18.7 Å². The van der Waals surface area contributed by atoms with Crippen LogP contribution < -0.4 is 5.73 Å². The smallest absolute Gasteiger partial charge is 0.150 e. The number of hydrogen-bond donors (Lipinski definition) is 2. The Kier molecular flexibility index (Phi) is 3.20. The molecule has 18 heavy (non-hydrogen) atoms. The van der Waals surface area contributed by atoms with E-state index >= 15 is 0 Å². The molecule has 0 amide bonds. The van der Waals surface area contributed by atoms with E-state index in [1.54, 1.807) is 17.5 Å². The van der Waals surface area contributed by atoms with E-state index in [1.807, 2.05) is 28.3 Å². The van der Waals surface area contributed by atoms with Gasteiger partial charge < -0.3 is 15.4 Å². The Balaban J connectivity index is 1.93. The first-order chi connectivity index (χ1) is 8.81. The van der Waals surface area contributed by atoms with Crippen LogP contribution in [-0.4, -0.2) is 27.3 Å². The lowest BCUT2D eigenvalue weighted by atomic mass is 10.0. The highest BCUT2D eigenvalue weighted by molar-refractivity contribution is 7.13. The topological polar surface area (TPSA) is 64.1 Å². The standard InChI is InChI=1S/C13H17N3OS/c14-12(9-3-4-9)10(8-17)16-6-5-15-13(16)11-2-1-7-18-11/h1-2,5-7,9-10,12,17H,3-4,8,14H2. The maximum absolute atomic E-state index is 9.64. The maximum Gasteiger partial charge on any atom is 0.150 e. The molecule has 4 nitrogen and oxygen atoms in total. The molecule has 2 unspecified atom stereocenters. The Labute approximate surface area is 110 Å². The Morgan fingerprint density at radius 3 is 3.00 bits per heavy atom. The zero-order valence-electron chi connectivity index (χ0n) is 10.1. The van der Waals surface area contributed by atoms with Gasteiger partial charge in [-0.3, -0.25) is 0 Å². The van der Waals surface area contributed by atoms with Crippen molar-refractivity contribution in [1.82, 2.24) is 9.55 Å². The zero-order valence-corrected chi connectivity index (χ0v) is 10.9. The fourth-order valence-electron chi connectivity index (χ4n) is 2.37. The van der Waals surface area contributed by atoms with Crippen molar-refractivity contribution in [3.8, 4) is 10.7 Å². The van der Waals surface area contributed by atoms with Crippen LogP contribution in [0.15, 0.2) is 29.9 Å². The lowest BCUT2D eigenvalue weighted by molar-refractivity contribution is 0.200. The summed E-state index contributed by atoms with van der Waals surface area (Å²) in [7, 11) is 0. The van der Waals surface area contributed by atoms with E-state index in [4.69, 9.17) is 5.73 Å². The third-order valence-electron chi connectivity index (χ3n) is 3.57. The summed E-state index contributed by atoms with van der Waals surface area (Å²) in [5.41, 5.74) is 6.24. The van der Waals surface area contributed by atoms with Crippen molar-refractivity contribution >= 4 is 11.3 Å². The third kappa shape index (κ3) is 2.09. The Hall–Kier alpha value is -1.17. The molecule has 1 aliphatic carbocycles. The molecule has 1 aliphatic rings. The number of aliphatic hydroxyl groups is 1. The summed E-state index contributed by atoms with van der Waals surface area (Å²) in [6.45, 7) is 0.0619. The number of thiophene rings is 1. The fraction of sp³-hybridized carbons (Fsp3) is 0.462. The van der Waals surface area contributed by atoms with Gasteiger partial charge in [-0.25, -0.2) is 4.98 Å². The summed E-state index contributed by atoms with van der Waals surface area (Å²) in [5.74, 6) is 1.46. The molecule has 2 aromatic heterocycles. The minimum Gasteiger partial charge on any atom is -0.394 e. The molecular weight excluding hydrogens is 246 g/mol. The number of rotatable bonds is 5. The molecule has 0 bridgehead atoms. The number of nitrogens with two attached hydrogens (primary N) is 1. The van der Waals surface area contributed by atoms with E-state index in [2.05, 4.69) is 4.98 Å². The molecule has 2 aromatic rings. The molecule has 1 fully saturated rings. The van der Waals surface area contributed by atoms with Crippen molar-refractivity contribution in [2.75, 3.05) is 6.61 Å². The van der Waals surface area contributed by atoms with Gasteiger partial charge in [0.15, 0.2) is 0 Å². The average Bonchev–Trinajstić information content (AvgIpc) is 2.90. The van der Waals surface area contributed by atoms with Gasteiger partial charge in [-0.15, -0.1) is 11.3 Å². The molecule has 3 N–H and O–H groups in total. The van der Waals surface area contributed by atoms with Crippen LogP contribution in [-0.2, 0) is 0 Å². The van der Waals surface area contributed by atoms with Crippen LogP contribution in [0.1, 0.15) is 18.9 Å². The monoisotopic (exact) mass is 263 g/mol. The molecule has 0 aliphatic heterocycles. The van der Waals surface area contributed by atoms with E-state index in [1.165, 1.54) is 12.8 Å². The molecule has 0 radical (unpaired) electrons. The van der Waals surface area contributed by atoms with Crippen LogP contribution in [0, 0.1) is 5.92 Å². The van der Waals surface area contributed by atoms with Gasteiger partial charge in [-0.2, -0.15) is 0 Å². The van der Waals surface area contributed by atoms with Crippen molar-refractivity contribution in [1.29, 1.82) is 0 Å². The second kappa shape index (κ2) is 4.84. The number of aliphatic hydroxyl groups excluding tert-OH is 1. The molecule has 1 saturated carbocycles. The van der Waals surface area contributed by atoms with Gasteiger partial charge in [0.25, 0.3) is 0 Å². The first-order valence-corrected chi connectivity index (χ1v) is 7.12. The summed E-state index contributed by atoms with van der Waals surface area (Å²) in [5, 5.41) is 11.7. The summed E-state index contributed by atoms with van der Waals surface area (Å²) in [4.78, 5) is 5.51. The highest BCUT2D eigenvalue weighted by atomic mass is 32.1. The van der Waals surface area contributed by atoms with Crippen molar-refractivity contribution in [2.45, 2.75) is 24.9 Å². The van der Waals surface area contributed by atoms with Crippen LogP contribution in [0.2, 0.25) is 0 Å². The lowest BCUT2D eigenvalue weighted by Crippen LogP contribution is -2.36. The predicted molar refractivity (Wildman–Crippen MR) is 72.4 cm³/mol. The van der Waals surface area contributed by atoms with Crippen molar-refractivity contribution < 1.29 is 5.11 Å². The highest BCUT2D eigenvalue weighted by Crippen LogP contribution is 2.37. The molecular formula is C13H17N3OS. The van der Waals surface area contributed by atoms with E-state index < -0.39 is 0 Å². The maximum atomic E-state index is 9.64. The molecule has 3 rings (SSSR count). The first kappa shape index (κ1) is 11.9. The number of nitrogens with zero attached hydrogens (tertiary/aromatic N) is 2. The lowest BCUT2D eigenvalue weighted by Gasteiger charge is -2.24. The summed E-state index contributed by atoms with van der Waals surface area (Å²) < 4.78 is 2.02. The Morgan fingerprint density at radius 2 is 2.39 bits per heavy atom. The third-order valence-corrected chi connectivity index (χ3v) is 4.43. The van der Waals surface area contributed by atoms with E-state index in [0.717, 1.165) is 10.7 Å². The second-order valence-electron chi connectivity index (χ2n) is 4.80. The van der Waals surface area contributed by atoms with Gasteiger partial charge in [0.2, 0.25) is 0 Å². The highest BCUT2D eigenvalue weighted by Gasteiger charge is 2.35. The molecule has 0 spiro atoms. The van der Waals surface area contributed by atoms with E-state index in [9.17, 15) is 5.11 Å². The SMILES string of the molecule is NC(C1CC1)C(CO)n1ccnc1-c1cccs1. The van der Waals surface area contributed by atoms with Crippen LogP contribution in [0.25, 0.3) is 10.7 Å². The molecule has 96 valence electrons. The fourth-order valence-corrected chi connectivity index (χ4v) is 3.09. The van der Waals surface area contributed by atoms with Crippen LogP contribution >= 0.6 is 11.3 Å². The Morgan fingerprint density at radius 1 is 1.56 bits per heavy atom. The summed E-state index contributed by atoms with van der Waals surface area (Å²) in [6, 6.07) is 3.99. The van der Waals surface area contributed by atoms with Crippen molar-refractivity contribution in [2.24, 2.45) is 11.7 Å². The average molecular weight is 263 g/mol. The first-order valence-electron chi connectivity index (χ1n) is 6.24. The van der Waals surface area contributed by atoms with Gasteiger partial charge >= 0.3 is 0 Å². The van der Waals surface area contributed by atoms with Crippen LogP contribution in [0.5, 0.6) is 0 Å². The number of hydrogen-bond acceptors (Lipinski definition) is 4. The Bertz CT molecular complexity index is 504. The molecule has 0 aromatic carbocycles. The van der Waals surface area contributed by atoms with Crippen molar-refractivity contribution in [3.63, 3.8) is 0 Å². The normalized spacial score (nSPS) is 18.8. The van der Waals surface area contributed by atoms with Crippen LogP contribution in [0.3, 0.4) is 0 Å². The summed E-state index contributed by atoms with van der Waals surface area (Å²) in [6.07, 6.45) is 6.05. The summed E-state index contributed by atoms with van der Waals surface area (Å²) >= 11 is 1.65. The molecule has 2 atom stereocenters. The minimum atomic E-state index is -0.0721. The zero-order chi connectivity index (χ0) is 12.5. The quantitative estimate of drug-likeness (QED) is 0.865.